The van der Waals surface area contributed by atoms with Crippen LogP contribution in [0.25, 0.3) is 11.0 Å². The molecule has 2 heterocycles. The Morgan fingerprint density at radius 2 is 1.92 bits per heavy atom. The molecule has 0 unspecified atom stereocenters. The third kappa shape index (κ3) is 3.81. The summed E-state index contributed by atoms with van der Waals surface area (Å²) in [6.07, 6.45) is 0. The molecule has 0 atom stereocenters. The highest BCUT2D eigenvalue weighted by atomic mass is 35.5. The number of aromatic nitrogens is 2. The van der Waals surface area contributed by atoms with Crippen molar-refractivity contribution in [3.8, 4) is 0 Å². The van der Waals surface area contributed by atoms with Gasteiger partial charge in [-0.2, -0.15) is 0 Å². The van der Waals surface area contributed by atoms with Gasteiger partial charge in [-0.25, -0.2) is 9.78 Å². The number of para-hydroxylation sites is 2. The van der Waals surface area contributed by atoms with Crippen LogP contribution < -0.4 is 5.32 Å². The van der Waals surface area contributed by atoms with E-state index in [0.717, 1.165) is 36.5 Å². The molecular weight excluding hydrogens is 350 g/mol. The number of imidazole rings is 1. The number of H-pyrrole nitrogens is 1. The summed E-state index contributed by atoms with van der Waals surface area (Å²) in [4.78, 5) is 24.5. The number of hydrogen-bond donors (Lipinski definition) is 2. The van der Waals surface area contributed by atoms with Crippen molar-refractivity contribution < 1.29 is 4.79 Å². The van der Waals surface area contributed by atoms with Gasteiger partial charge in [-0.05, 0) is 30.3 Å². The van der Waals surface area contributed by atoms with Gasteiger partial charge in [0.25, 0.3) is 0 Å². The zero-order chi connectivity index (χ0) is 17.9. The van der Waals surface area contributed by atoms with Crippen LogP contribution in [0, 0.1) is 0 Å². The van der Waals surface area contributed by atoms with Crippen LogP contribution in [0.3, 0.4) is 0 Å². The highest BCUT2D eigenvalue weighted by molar-refractivity contribution is 6.30. The average Bonchev–Trinajstić information content (AvgIpc) is 3.04. The van der Waals surface area contributed by atoms with Crippen molar-refractivity contribution >= 4 is 34.4 Å². The molecule has 26 heavy (non-hydrogen) atoms. The molecule has 7 heteroatoms. The molecule has 0 radical (unpaired) electrons. The molecule has 0 bridgehead atoms. The van der Waals surface area contributed by atoms with E-state index in [1.807, 2.05) is 41.3 Å². The molecule has 1 aliphatic heterocycles. The Balaban J connectivity index is 1.31. The number of rotatable bonds is 3. The molecule has 0 aliphatic carbocycles. The van der Waals surface area contributed by atoms with Gasteiger partial charge in [0.05, 0.1) is 17.6 Å². The Bertz CT molecular complexity index is 884. The van der Waals surface area contributed by atoms with Crippen LogP contribution in [0.1, 0.15) is 5.82 Å². The minimum absolute atomic E-state index is 0.0874. The first-order valence-electron chi connectivity index (χ1n) is 8.65. The lowest BCUT2D eigenvalue weighted by atomic mass is 10.3. The quantitative estimate of drug-likeness (QED) is 0.741. The summed E-state index contributed by atoms with van der Waals surface area (Å²) in [6, 6.07) is 15.1. The Morgan fingerprint density at radius 1 is 1.12 bits per heavy atom. The van der Waals surface area contributed by atoms with E-state index >= 15 is 0 Å². The van der Waals surface area contributed by atoms with Crippen LogP contribution in [-0.4, -0.2) is 52.0 Å². The maximum atomic E-state index is 12.4. The van der Waals surface area contributed by atoms with Gasteiger partial charge < -0.3 is 15.2 Å². The standard InChI is InChI=1S/C19H20ClN5O/c20-14-4-3-5-15(12-14)21-19(26)25-10-8-24(9-11-25)13-18-22-16-6-1-2-7-17(16)23-18/h1-7,12H,8-11,13H2,(H,21,26)(H,22,23). The van der Waals surface area contributed by atoms with Crippen molar-refractivity contribution in [3.05, 3.63) is 59.4 Å². The zero-order valence-electron chi connectivity index (χ0n) is 14.3. The minimum Gasteiger partial charge on any atom is -0.341 e. The fourth-order valence-corrected chi connectivity index (χ4v) is 3.36. The molecule has 0 saturated carbocycles. The Labute approximate surface area is 156 Å². The Morgan fingerprint density at radius 3 is 2.69 bits per heavy atom. The second-order valence-electron chi connectivity index (χ2n) is 6.40. The maximum absolute atomic E-state index is 12.4. The molecular formula is C19H20ClN5O. The molecule has 3 aromatic rings. The zero-order valence-corrected chi connectivity index (χ0v) is 15.0. The molecule has 4 rings (SSSR count). The summed E-state index contributed by atoms with van der Waals surface area (Å²) in [5, 5.41) is 3.51. The highest BCUT2D eigenvalue weighted by Gasteiger charge is 2.22. The lowest BCUT2D eigenvalue weighted by Gasteiger charge is -2.34. The predicted octanol–water partition coefficient (Wildman–Crippen LogP) is 3.57. The number of piperazine rings is 1. The number of aromatic amines is 1. The first kappa shape index (κ1) is 16.9. The average molecular weight is 370 g/mol. The SMILES string of the molecule is O=C(Nc1cccc(Cl)c1)N1CCN(Cc2nc3ccccc3[nH]2)CC1. The largest absolute Gasteiger partial charge is 0.341 e. The fourth-order valence-electron chi connectivity index (χ4n) is 3.17. The smallest absolute Gasteiger partial charge is 0.321 e. The topological polar surface area (TPSA) is 64.3 Å². The van der Waals surface area contributed by atoms with E-state index in [9.17, 15) is 4.79 Å². The van der Waals surface area contributed by atoms with Crippen molar-refractivity contribution in [2.45, 2.75) is 6.54 Å². The predicted molar refractivity (Wildman–Crippen MR) is 103 cm³/mol. The summed E-state index contributed by atoms with van der Waals surface area (Å²) in [5.41, 5.74) is 2.76. The van der Waals surface area contributed by atoms with Crippen LogP contribution >= 0.6 is 11.6 Å². The van der Waals surface area contributed by atoms with Crippen LogP contribution in [-0.2, 0) is 6.54 Å². The van der Waals surface area contributed by atoms with Gasteiger partial charge in [0.15, 0.2) is 0 Å². The molecule has 2 aromatic carbocycles. The number of fused-ring (bicyclic) bond motifs is 1. The second-order valence-corrected chi connectivity index (χ2v) is 6.84. The third-order valence-electron chi connectivity index (χ3n) is 4.55. The van der Waals surface area contributed by atoms with Gasteiger partial charge in [0.2, 0.25) is 0 Å². The summed E-state index contributed by atoms with van der Waals surface area (Å²) >= 11 is 5.96. The van der Waals surface area contributed by atoms with E-state index in [2.05, 4.69) is 20.2 Å². The van der Waals surface area contributed by atoms with E-state index in [4.69, 9.17) is 11.6 Å². The van der Waals surface area contributed by atoms with Gasteiger partial charge in [-0.3, -0.25) is 4.90 Å². The number of nitrogens with one attached hydrogen (secondary N) is 2. The van der Waals surface area contributed by atoms with Gasteiger partial charge in [0.1, 0.15) is 5.82 Å². The fraction of sp³-hybridized carbons (Fsp3) is 0.263. The van der Waals surface area contributed by atoms with Gasteiger partial charge >= 0.3 is 6.03 Å². The Hall–Kier alpha value is -2.57. The number of urea groups is 1. The number of carbonyl (C=O) groups is 1. The second kappa shape index (κ2) is 7.35. The summed E-state index contributed by atoms with van der Waals surface area (Å²) in [7, 11) is 0. The molecule has 2 amide bonds. The molecule has 2 N–H and O–H groups in total. The molecule has 6 nitrogen and oxygen atoms in total. The molecule has 0 spiro atoms. The number of halogens is 1. The van der Waals surface area contributed by atoms with Crippen molar-refractivity contribution in [1.29, 1.82) is 0 Å². The maximum Gasteiger partial charge on any atom is 0.321 e. The summed E-state index contributed by atoms with van der Waals surface area (Å²) in [5.74, 6) is 0.961. The van der Waals surface area contributed by atoms with Gasteiger partial charge in [0, 0.05) is 36.9 Å². The molecule has 1 saturated heterocycles. The van der Waals surface area contributed by atoms with Gasteiger partial charge in [-0.1, -0.05) is 29.8 Å². The molecule has 1 aliphatic rings. The van der Waals surface area contributed by atoms with Crippen LogP contribution in [0.4, 0.5) is 10.5 Å². The summed E-state index contributed by atoms with van der Waals surface area (Å²) < 4.78 is 0. The van der Waals surface area contributed by atoms with Crippen molar-refractivity contribution in [3.63, 3.8) is 0 Å². The van der Waals surface area contributed by atoms with Gasteiger partial charge in [-0.15, -0.1) is 0 Å². The first-order valence-corrected chi connectivity index (χ1v) is 9.03. The molecule has 134 valence electrons. The van der Waals surface area contributed by atoms with E-state index in [1.54, 1.807) is 12.1 Å². The normalized spacial score (nSPS) is 15.3. The Kier molecular flexibility index (Phi) is 4.77. The number of hydrogen-bond acceptors (Lipinski definition) is 3. The van der Waals surface area contributed by atoms with Crippen molar-refractivity contribution in [2.75, 3.05) is 31.5 Å². The van der Waals surface area contributed by atoms with E-state index in [1.165, 1.54) is 0 Å². The summed E-state index contributed by atoms with van der Waals surface area (Å²) in [6.45, 7) is 3.78. The number of anilines is 1. The number of nitrogens with zero attached hydrogens (tertiary/aromatic N) is 3. The van der Waals surface area contributed by atoms with Crippen molar-refractivity contribution in [2.24, 2.45) is 0 Å². The molecule has 1 fully saturated rings. The van der Waals surface area contributed by atoms with E-state index in [-0.39, 0.29) is 6.03 Å². The number of amides is 2. The third-order valence-corrected chi connectivity index (χ3v) is 4.78. The van der Waals surface area contributed by atoms with E-state index in [0.29, 0.717) is 23.8 Å². The monoisotopic (exact) mass is 369 g/mol. The van der Waals surface area contributed by atoms with E-state index < -0.39 is 0 Å². The van der Waals surface area contributed by atoms with Crippen LogP contribution in [0.5, 0.6) is 0 Å². The minimum atomic E-state index is -0.0874. The number of carbonyl (C=O) groups excluding carboxylic acids is 1. The molecule has 1 aromatic heterocycles. The highest BCUT2D eigenvalue weighted by Crippen LogP contribution is 2.16. The first-order chi connectivity index (χ1) is 12.7. The van der Waals surface area contributed by atoms with Crippen molar-refractivity contribution in [1.82, 2.24) is 19.8 Å². The van der Waals surface area contributed by atoms with Crippen LogP contribution in [0.15, 0.2) is 48.5 Å². The lowest BCUT2D eigenvalue weighted by molar-refractivity contribution is 0.141. The number of benzene rings is 2. The van der Waals surface area contributed by atoms with Crippen LogP contribution in [0.2, 0.25) is 5.02 Å². The lowest BCUT2D eigenvalue weighted by Crippen LogP contribution is -2.49.